The first kappa shape index (κ1) is 14.3. The largest absolute Gasteiger partial charge is 0.333 e. The second kappa shape index (κ2) is 5.22. The van der Waals surface area contributed by atoms with E-state index in [-0.39, 0.29) is 6.04 Å². The standard InChI is InChI=1S/C19H23ClN2O/c20-14-3-1-2-11(9-14)15-10-21-6-7-22(15)19(23)18-16-12-4-5-13(8-12)17(16)18/h1-3,9,12-13,15-18,21H,4-8,10H2. The summed E-state index contributed by atoms with van der Waals surface area (Å²) >= 11 is 6.17. The lowest BCUT2D eigenvalue weighted by Gasteiger charge is -2.37. The Morgan fingerprint density at radius 1 is 1.22 bits per heavy atom. The third-order valence-corrected chi connectivity index (χ3v) is 7.02. The summed E-state index contributed by atoms with van der Waals surface area (Å²) in [6.07, 6.45) is 4.14. The van der Waals surface area contributed by atoms with E-state index in [1.807, 2.05) is 18.2 Å². The molecule has 1 N–H and O–H groups in total. The van der Waals surface area contributed by atoms with Crippen molar-refractivity contribution in [2.45, 2.75) is 25.3 Å². The first-order valence-corrected chi connectivity index (χ1v) is 9.38. The number of carbonyl (C=O) groups is 1. The van der Waals surface area contributed by atoms with Crippen LogP contribution in [0, 0.1) is 29.6 Å². The highest BCUT2D eigenvalue weighted by Gasteiger charge is 2.68. The normalized spacial score (nSPS) is 41.0. The van der Waals surface area contributed by atoms with Crippen LogP contribution in [-0.4, -0.2) is 30.4 Å². The third-order valence-electron chi connectivity index (χ3n) is 6.78. The van der Waals surface area contributed by atoms with E-state index in [0.717, 1.165) is 53.9 Å². The quantitative estimate of drug-likeness (QED) is 0.903. The molecule has 4 fully saturated rings. The topological polar surface area (TPSA) is 32.3 Å². The number of amides is 1. The fraction of sp³-hybridized carbons (Fsp3) is 0.632. The van der Waals surface area contributed by atoms with E-state index >= 15 is 0 Å². The zero-order valence-electron chi connectivity index (χ0n) is 13.2. The van der Waals surface area contributed by atoms with Gasteiger partial charge >= 0.3 is 0 Å². The number of nitrogens with one attached hydrogen (secondary N) is 1. The highest BCUT2D eigenvalue weighted by molar-refractivity contribution is 6.30. The number of hydrogen-bond donors (Lipinski definition) is 1. The average Bonchev–Trinajstić information content (AvgIpc) is 3.01. The summed E-state index contributed by atoms with van der Waals surface area (Å²) in [7, 11) is 0. The minimum atomic E-state index is 0.133. The molecule has 1 saturated heterocycles. The molecule has 3 saturated carbocycles. The van der Waals surface area contributed by atoms with E-state index in [9.17, 15) is 4.79 Å². The number of benzene rings is 1. The van der Waals surface area contributed by atoms with Crippen LogP contribution in [0.15, 0.2) is 24.3 Å². The van der Waals surface area contributed by atoms with Gasteiger partial charge in [-0.2, -0.15) is 0 Å². The van der Waals surface area contributed by atoms with Crippen molar-refractivity contribution in [1.29, 1.82) is 0 Å². The molecule has 5 atom stereocenters. The van der Waals surface area contributed by atoms with Crippen molar-refractivity contribution >= 4 is 17.5 Å². The number of halogens is 1. The Kier molecular flexibility index (Phi) is 3.24. The molecule has 3 aliphatic carbocycles. The number of rotatable bonds is 2. The maximum absolute atomic E-state index is 13.2. The van der Waals surface area contributed by atoms with Crippen molar-refractivity contribution < 1.29 is 4.79 Å². The van der Waals surface area contributed by atoms with Gasteiger partial charge in [-0.1, -0.05) is 23.7 Å². The van der Waals surface area contributed by atoms with E-state index in [2.05, 4.69) is 16.3 Å². The Morgan fingerprint density at radius 3 is 2.74 bits per heavy atom. The predicted octanol–water partition coefficient (Wildman–Crippen LogP) is 3.11. The van der Waals surface area contributed by atoms with E-state index in [1.165, 1.54) is 19.3 Å². The lowest BCUT2D eigenvalue weighted by molar-refractivity contribution is -0.137. The van der Waals surface area contributed by atoms with Crippen LogP contribution in [0.3, 0.4) is 0 Å². The molecule has 5 rings (SSSR count). The monoisotopic (exact) mass is 330 g/mol. The fourth-order valence-electron chi connectivity index (χ4n) is 5.83. The molecule has 122 valence electrons. The molecular weight excluding hydrogens is 308 g/mol. The molecule has 23 heavy (non-hydrogen) atoms. The van der Waals surface area contributed by atoms with Gasteiger partial charge in [-0.05, 0) is 60.6 Å². The van der Waals surface area contributed by atoms with Gasteiger partial charge in [0.15, 0.2) is 0 Å². The molecule has 0 spiro atoms. The van der Waals surface area contributed by atoms with Gasteiger partial charge in [-0.3, -0.25) is 4.79 Å². The minimum Gasteiger partial charge on any atom is -0.333 e. The molecule has 4 aliphatic rings. The lowest BCUT2D eigenvalue weighted by Crippen LogP contribution is -2.49. The molecular formula is C19H23ClN2O. The van der Waals surface area contributed by atoms with Crippen LogP contribution < -0.4 is 5.32 Å². The number of hydrogen-bond acceptors (Lipinski definition) is 2. The van der Waals surface area contributed by atoms with Crippen molar-refractivity contribution in [3.05, 3.63) is 34.9 Å². The van der Waals surface area contributed by atoms with E-state index in [1.54, 1.807) is 0 Å². The van der Waals surface area contributed by atoms with E-state index < -0.39 is 0 Å². The summed E-state index contributed by atoms with van der Waals surface area (Å²) in [5, 5.41) is 4.19. The van der Waals surface area contributed by atoms with Crippen molar-refractivity contribution in [3.8, 4) is 0 Å². The predicted molar refractivity (Wildman–Crippen MR) is 90.1 cm³/mol. The Morgan fingerprint density at radius 2 is 2.00 bits per heavy atom. The van der Waals surface area contributed by atoms with Crippen LogP contribution in [0.2, 0.25) is 5.02 Å². The van der Waals surface area contributed by atoms with Crippen LogP contribution >= 0.6 is 11.6 Å². The molecule has 3 nitrogen and oxygen atoms in total. The lowest BCUT2D eigenvalue weighted by atomic mass is 9.98. The fourth-order valence-corrected chi connectivity index (χ4v) is 6.03. The SMILES string of the molecule is O=C(C1C2C3CCC(C3)C12)N1CCNCC1c1cccc(Cl)c1. The number of piperazine rings is 1. The van der Waals surface area contributed by atoms with Gasteiger partial charge in [-0.25, -0.2) is 0 Å². The molecule has 1 aromatic carbocycles. The third kappa shape index (κ3) is 2.16. The van der Waals surface area contributed by atoms with Gasteiger partial charge < -0.3 is 10.2 Å². The first-order chi connectivity index (χ1) is 11.2. The summed E-state index contributed by atoms with van der Waals surface area (Å²) in [6.45, 7) is 2.56. The van der Waals surface area contributed by atoms with Gasteiger partial charge in [0, 0.05) is 30.6 Å². The zero-order chi connectivity index (χ0) is 15.6. The summed E-state index contributed by atoms with van der Waals surface area (Å²) < 4.78 is 0. The average molecular weight is 331 g/mol. The molecule has 4 heteroatoms. The van der Waals surface area contributed by atoms with E-state index in [4.69, 9.17) is 11.6 Å². The van der Waals surface area contributed by atoms with Crippen molar-refractivity contribution in [3.63, 3.8) is 0 Å². The number of nitrogens with zero attached hydrogens (tertiary/aromatic N) is 1. The van der Waals surface area contributed by atoms with Crippen molar-refractivity contribution in [1.82, 2.24) is 10.2 Å². The molecule has 1 heterocycles. The highest BCUT2D eigenvalue weighted by atomic mass is 35.5. The number of carbonyl (C=O) groups excluding carboxylic acids is 1. The Balaban J connectivity index is 1.39. The smallest absolute Gasteiger partial charge is 0.226 e. The summed E-state index contributed by atoms with van der Waals surface area (Å²) in [4.78, 5) is 15.4. The van der Waals surface area contributed by atoms with Crippen molar-refractivity contribution in [2.24, 2.45) is 29.6 Å². The maximum atomic E-state index is 13.2. The summed E-state index contributed by atoms with van der Waals surface area (Å²) in [6, 6.07) is 8.13. The van der Waals surface area contributed by atoms with Gasteiger partial charge in [0.05, 0.1) is 6.04 Å². The second-order valence-electron chi connectivity index (χ2n) is 7.82. The Hall–Kier alpha value is -1.06. The van der Waals surface area contributed by atoms with Crippen LogP contribution in [0.25, 0.3) is 0 Å². The van der Waals surface area contributed by atoms with Gasteiger partial charge in [-0.15, -0.1) is 0 Å². The molecule has 1 aliphatic heterocycles. The van der Waals surface area contributed by atoms with Crippen LogP contribution in [0.1, 0.15) is 30.9 Å². The van der Waals surface area contributed by atoms with Gasteiger partial charge in [0.1, 0.15) is 0 Å². The second-order valence-corrected chi connectivity index (χ2v) is 8.26. The molecule has 0 radical (unpaired) electrons. The Bertz CT molecular complexity index is 632. The maximum Gasteiger partial charge on any atom is 0.226 e. The molecule has 1 aromatic rings. The van der Waals surface area contributed by atoms with Gasteiger partial charge in [0.25, 0.3) is 0 Å². The first-order valence-electron chi connectivity index (χ1n) is 9.00. The van der Waals surface area contributed by atoms with Crippen LogP contribution in [0.4, 0.5) is 0 Å². The summed E-state index contributed by atoms with van der Waals surface area (Å²) in [5.41, 5.74) is 1.16. The molecule has 0 aromatic heterocycles. The van der Waals surface area contributed by atoms with Gasteiger partial charge in [0.2, 0.25) is 5.91 Å². The molecule has 5 unspecified atom stereocenters. The van der Waals surface area contributed by atoms with E-state index in [0.29, 0.717) is 11.8 Å². The number of fused-ring (bicyclic) bond motifs is 5. The molecule has 2 bridgehead atoms. The molecule has 1 amide bonds. The van der Waals surface area contributed by atoms with Crippen LogP contribution in [-0.2, 0) is 4.79 Å². The minimum absolute atomic E-state index is 0.133. The zero-order valence-corrected chi connectivity index (χ0v) is 14.0. The van der Waals surface area contributed by atoms with Crippen molar-refractivity contribution in [2.75, 3.05) is 19.6 Å². The Labute approximate surface area is 142 Å². The summed E-state index contributed by atoms with van der Waals surface area (Å²) in [5.74, 6) is 3.90. The van der Waals surface area contributed by atoms with Crippen LogP contribution in [0.5, 0.6) is 0 Å². The highest BCUT2D eigenvalue weighted by Crippen LogP contribution is 2.69.